The van der Waals surface area contributed by atoms with Gasteiger partial charge in [0.2, 0.25) is 16.0 Å². The third-order valence-corrected chi connectivity index (χ3v) is 8.06. The van der Waals surface area contributed by atoms with E-state index in [1.54, 1.807) is 36.6 Å². The maximum absolute atomic E-state index is 13.4. The van der Waals surface area contributed by atoms with E-state index in [1.165, 1.54) is 26.6 Å². The highest BCUT2D eigenvalue weighted by Crippen LogP contribution is 2.39. The molecule has 1 saturated heterocycles. The molecule has 0 saturated carbocycles. The average molecular weight is 523 g/mol. The molecular weight excluding hydrogens is 496 g/mol. The van der Waals surface area contributed by atoms with Gasteiger partial charge in [0.15, 0.2) is 5.82 Å². The Balaban J connectivity index is 1.76. The third-order valence-electron chi connectivity index (χ3n) is 6.01. The number of aromatic nitrogens is 5. The standard InChI is InChI=1S/C22H27ClN6O5S/c1-13(20-24-11-15(23)12-25-20)14(2)35(30,31)28-22-27-26-21(18-9-6-10-34-18)29(22)19-16(32-3)7-5-8-17(19)33-4/h5,7-8,11-14,18H,6,9-10H2,1-4H3,(H,27,28)/t13?,14?,18-/m1/s1. The summed E-state index contributed by atoms with van der Waals surface area (Å²) in [4.78, 5) is 8.34. The van der Waals surface area contributed by atoms with E-state index in [2.05, 4.69) is 24.9 Å². The van der Waals surface area contributed by atoms with E-state index in [-0.39, 0.29) is 12.1 Å². The lowest BCUT2D eigenvalue weighted by Crippen LogP contribution is -2.31. The minimum Gasteiger partial charge on any atom is -0.494 e. The number of hydrogen-bond donors (Lipinski definition) is 1. The number of para-hydroxylation sites is 1. The first kappa shape index (κ1) is 25.1. The summed E-state index contributed by atoms with van der Waals surface area (Å²) in [6.07, 6.45) is 4.10. The number of nitrogens with one attached hydrogen (secondary N) is 1. The van der Waals surface area contributed by atoms with Crippen molar-refractivity contribution in [2.75, 3.05) is 25.5 Å². The molecule has 1 aliphatic heterocycles. The van der Waals surface area contributed by atoms with Crippen molar-refractivity contribution >= 4 is 27.6 Å². The molecule has 0 radical (unpaired) electrons. The fourth-order valence-electron chi connectivity index (χ4n) is 3.88. The molecule has 3 heterocycles. The lowest BCUT2D eigenvalue weighted by atomic mass is 10.1. The molecule has 1 fully saturated rings. The van der Waals surface area contributed by atoms with E-state index in [0.29, 0.717) is 40.5 Å². The van der Waals surface area contributed by atoms with Crippen LogP contribution in [0.3, 0.4) is 0 Å². The Kier molecular flexibility index (Phi) is 7.43. The molecule has 4 rings (SSSR count). The number of sulfonamides is 1. The second-order valence-electron chi connectivity index (χ2n) is 8.13. The third kappa shape index (κ3) is 5.04. The van der Waals surface area contributed by atoms with Gasteiger partial charge < -0.3 is 14.2 Å². The number of rotatable bonds is 9. The van der Waals surface area contributed by atoms with Crippen molar-refractivity contribution in [1.29, 1.82) is 0 Å². The van der Waals surface area contributed by atoms with Crippen LogP contribution >= 0.6 is 11.6 Å². The predicted octanol–water partition coefficient (Wildman–Crippen LogP) is 3.51. The van der Waals surface area contributed by atoms with Crippen LogP contribution in [-0.2, 0) is 14.8 Å². The quantitative estimate of drug-likeness (QED) is 0.448. The number of ether oxygens (including phenoxy) is 3. The summed E-state index contributed by atoms with van der Waals surface area (Å²) in [5.74, 6) is 1.19. The van der Waals surface area contributed by atoms with E-state index < -0.39 is 21.2 Å². The van der Waals surface area contributed by atoms with Gasteiger partial charge in [0.25, 0.3) is 0 Å². The van der Waals surface area contributed by atoms with Gasteiger partial charge in [0, 0.05) is 24.9 Å². The topological polar surface area (TPSA) is 130 Å². The second-order valence-corrected chi connectivity index (χ2v) is 10.6. The molecule has 1 aliphatic rings. The molecule has 3 atom stereocenters. The average Bonchev–Trinajstić information content (AvgIpc) is 3.52. The van der Waals surface area contributed by atoms with Crippen molar-refractivity contribution in [2.45, 2.75) is 44.0 Å². The largest absolute Gasteiger partial charge is 0.494 e. The van der Waals surface area contributed by atoms with Crippen molar-refractivity contribution in [1.82, 2.24) is 24.7 Å². The van der Waals surface area contributed by atoms with Crippen LogP contribution in [0.25, 0.3) is 5.69 Å². The summed E-state index contributed by atoms with van der Waals surface area (Å²) < 4.78 is 48.0. The fraction of sp³-hybridized carbons (Fsp3) is 0.455. The van der Waals surface area contributed by atoms with Gasteiger partial charge in [-0.05, 0) is 31.9 Å². The van der Waals surface area contributed by atoms with Crippen molar-refractivity contribution in [3.63, 3.8) is 0 Å². The highest BCUT2D eigenvalue weighted by Gasteiger charge is 2.34. The monoisotopic (exact) mass is 522 g/mol. The van der Waals surface area contributed by atoms with Gasteiger partial charge in [-0.15, -0.1) is 10.2 Å². The van der Waals surface area contributed by atoms with E-state index in [9.17, 15) is 8.42 Å². The predicted molar refractivity (Wildman–Crippen MR) is 130 cm³/mol. The smallest absolute Gasteiger partial charge is 0.243 e. The van der Waals surface area contributed by atoms with Crippen molar-refractivity contribution < 1.29 is 22.6 Å². The lowest BCUT2D eigenvalue weighted by molar-refractivity contribution is 0.103. The van der Waals surface area contributed by atoms with Gasteiger partial charge in [-0.3, -0.25) is 9.29 Å². The minimum atomic E-state index is -3.96. The Morgan fingerprint density at radius 2 is 1.80 bits per heavy atom. The molecule has 3 aromatic rings. The van der Waals surface area contributed by atoms with Gasteiger partial charge >= 0.3 is 0 Å². The first-order valence-electron chi connectivity index (χ1n) is 11.0. The molecule has 1 N–H and O–H groups in total. The van der Waals surface area contributed by atoms with Crippen molar-refractivity contribution in [2.24, 2.45) is 0 Å². The zero-order valence-corrected chi connectivity index (χ0v) is 21.4. The number of halogens is 1. The summed E-state index contributed by atoms with van der Waals surface area (Å²) in [5.41, 5.74) is 0.465. The van der Waals surface area contributed by atoms with Crippen LogP contribution in [0.15, 0.2) is 30.6 Å². The first-order valence-corrected chi connectivity index (χ1v) is 13.0. The van der Waals surface area contributed by atoms with E-state index in [4.69, 9.17) is 25.8 Å². The van der Waals surface area contributed by atoms with E-state index in [0.717, 1.165) is 12.8 Å². The Labute approximate surface area is 208 Å². The molecule has 0 spiro atoms. The first-order chi connectivity index (χ1) is 16.8. The summed E-state index contributed by atoms with van der Waals surface area (Å²) in [6.45, 7) is 3.90. The van der Waals surface area contributed by atoms with Crippen molar-refractivity contribution in [3.05, 3.63) is 47.3 Å². The van der Waals surface area contributed by atoms with Gasteiger partial charge in [-0.2, -0.15) is 0 Å². The van der Waals surface area contributed by atoms with Crippen LogP contribution in [0.2, 0.25) is 5.02 Å². The highest BCUT2D eigenvalue weighted by molar-refractivity contribution is 7.93. The van der Waals surface area contributed by atoms with Crippen molar-refractivity contribution in [3.8, 4) is 17.2 Å². The zero-order valence-electron chi connectivity index (χ0n) is 19.8. The maximum Gasteiger partial charge on any atom is 0.243 e. The van der Waals surface area contributed by atoms with Crippen LogP contribution in [0.1, 0.15) is 50.4 Å². The van der Waals surface area contributed by atoms with Gasteiger partial charge in [0.1, 0.15) is 29.1 Å². The van der Waals surface area contributed by atoms with Crippen LogP contribution in [0.4, 0.5) is 5.95 Å². The number of nitrogens with zero attached hydrogens (tertiary/aromatic N) is 5. The zero-order chi connectivity index (χ0) is 25.2. The minimum absolute atomic E-state index is 0.00521. The molecule has 188 valence electrons. The molecule has 0 bridgehead atoms. The SMILES string of the molecule is COc1cccc(OC)c1-n1c(NS(=O)(=O)C(C)C(C)c2ncc(Cl)cn2)nnc1[C@H]1CCCO1. The number of benzene rings is 1. The number of methoxy groups -OCH3 is 2. The molecule has 35 heavy (non-hydrogen) atoms. The molecule has 0 aliphatic carbocycles. The molecule has 1 aromatic carbocycles. The Hall–Kier alpha value is -2.96. The number of hydrogen-bond acceptors (Lipinski definition) is 9. The van der Waals surface area contributed by atoms with Gasteiger partial charge in [-0.1, -0.05) is 24.6 Å². The van der Waals surface area contributed by atoms with Crippen LogP contribution < -0.4 is 14.2 Å². The molecular formula is C22H27ClN6O5S. The summed E-state index contributed by atoms with van der Waals surface area (Å²) >= 11 is 5.87. The van der Waals surface area contributed by atoms with Gasteiger partial charge in [-0.25, -0.2) is 18.4 Å². The normalized spacial score (nSPS) is 17.7. The Morgan fingerprint density at radius 1 is 1.14 bits per heavy atom. The molecule has 11 nitrogen and oxygen atoms in total. The maximum atomic E-state index is 13.4. The van der Waals surface area contributed by atoms with Crippen LogP contribution in [0.5, 0.6) is 11.5 Å². The molecule has 0 amide bonds. The second kappa shape index (κ2) is 10.3. The molecule has 2 unspecified atom stereocenters. The Bertz CT molecular complexity index is 1260. The lowest BCUT2D eigenvalue weighted by Gasteiger charge is -2.22. The number of anilines is 1. The molecule has 13 heteroatoms. The summed E-state index contributed by atoms with van der Waals surface area (Å²) in [5, 5.41) is 7.94. The van der Waals surface area contributed by atoms with E-state index >= 15 is 0 Å². The van der Waals surface area contributed by atoms with Gasteiger partial charge in [0.05, 0.1) is 24.5 Å². The van der Waals surface area contributed by atoms with Crippen LogP contribution in [0, 0.1) is 0 Å². The fourth-order valence-corrected chi connectivity index (χ4v) is 5.21. The summed E-state index contributed by atoms with van der Waals surface area (Å²) in [7, 11) is -0.916. The Morgan fingerprint density at radius 3 is 2.37 bits per heavy atom. The van der Waals surface area contributed by atoms with Crippen LogP contribution in [-0.4, -0.2) is 59.2 Å². The molecule has 2 aromatic heterocycles. The van der Waals surface area contributed by atoms with E-state index in [1.807, 2.05) is 0 Å². The highest BCUT2D eigenvalue weighted by atomic mass is 35.5. The summed E-state index contributed by atoms with van der Waals surface area (Å²) in [6, 6.07) is 5.27.